The quantitative estimate of drug-likeness (QED) is 0.522. The Balaban J connectivity index is 0. The molecule has 0 aliphatic carbocycles. The van der Waals surface area contributed by atoms with Crippen molar-refractivity contribution >= 4 is 0 Å². The van der Waals surface area contributed by atoms with Crippen molar-refractivity contribution < 1.29 is 0 Å². The second-order valence-corrected chi connectivity index (χ2v) is 2.36. The van der Waals surface area contributed by atoms with Crippen LogP contribution in [0.3, 0.4) is 0 Å². The van der Waals surface area contributed by atoms with Crippen LogP contribution in [0.4, 0.5) is 0 Å². The molecule has 1 aliphatic heterocycles. The van der Waals surface area contributed by atoms with Crippen molar-refractivity contribution in [1.82, 2.24) is 5.32 Å². The highest BCUT2D eigenvalue weighted by molar-refractivity contribution is 4.86. The van der Waals surface area contributed by atoms with E-state index < -0.39 is 0 Å². The van der Waals surface area contributed by atoms with E-state index in [2.05, 4.69) is 18.0 Å². The van der Waals surface area contributed by atoms with Gasteiger partial charge in [0.25, 0.3) is 0 Å². The van der Waals surface area contributed by atoms with Crippen LogP contribution in [0.2, 0.25) is 0 Å². The first-order chi connectivity index (χ1) is 6.41. The van der Waals surface area contributed by atoms with E-state index in [0.29, 0.717) is 0 Å². The molecule has 13 heavy (non-hydrogen) atoms. The van der Waals surface area contributed by atoms with Gasteiger partial charge in [-0.05, 0) is 32.0 Å². The SMILES string of the molecule is C1=CNCC1.C=CCCCN.CC. The Labute approximate surface area is 82.9 Å². The van der Waals surface area contributed by atoms with Crippen molar-refractivity contribution in [2.45, 2.75) is 33.1 Å². The molecule has 0 radical (unpaired) electrons. The zero-order chi connectivity index (χ0) is 10.4. The molecule has 0 aromatic heterocycles. The summed E-state index contributed by atoms with van der Waals surface area (Å²) in [5.41, 5.74) is 5.17. The number of hydrogen-bond acceptors (Lipinski definition) is 2. The van der Waals surface area contributed by atoms with E-state index in [9.17, 15) is 0 Å². The summed E-state index contributed by atoms with van der Waals surface area (Å²) in [6, 6.07) is 0. The van der Waals surface area contributed by atoms with Gasteiger partial charge in [-0.15, -0.1) is 6.58 Å². The third-order valence-corrected chi connectivity index (χ3v) is 1.30. The second kappa shape index (κ2) is 17.4. The summed E-state index contributed by atoms with van der Waals surface area (Å²) in [6.45, 7) is 9.47. The van der Waals surface area contributed by atoms with Gasteiger partial charge in [-0.2, -0.15) is 0 Å². The highest BCUT2D eigenvalue weighted by Gasteiger charge is 1.81. The Morgan fingerprint density at radius 3 is 2.38 bits per heavy atom. The Morgan fingerprint density at radius 1 is 1.54 bits per heavy atom. The molecule has 0 amide bonds. The summed E-state index contributed by atoms with van der Waals surface area (Å²) in [5, 5.41) is 3.04. The number of unbranched alkanes of at least 4 members (excludes halogenated alkanes) is 1. The Kier molecular flexibility index (Phi) is 19.7. The lowest BCUT2D eigenvalue weighted by Crippen LogP contribution is -1.96. The molecular formula is C11H24N2. The first-order valence-electron chi connectivity index (χ1n) is 5.11. The minimum atomic E-state index is 0.784. The lowest BCUT2D eigenvalue weighted by molar-refractivity contribution is 0.856. The number of nitrogens with one attached hydrogen (secondary N) is 1. The van der Waals surface area contributed by atoms with Gasteiger partial charge in [-0.1, -0.05) is 26.0 Å². The minimum Gasteiger partial charge on any atom is -0.391 e. The summed E-state index contributed by atoms with van der Waals surface area (Å²) in [6.07, 6.45) is 9.33. The third kappa shape index (κ3) is 18.3. The summed E-state index contributed by atoms with van der Waals surface area (Å²) < 4.78 is 0. The van der Waals surface area contributed by atoms with Gasteiger partial charge in [0, 0.05) is 6.54 Å². The predicted octanol–water partition coefficient (Wildman–Crippen LogP) is 2.43. The van der Waals surface area contributed by atoms with Gasteiger partial charge in [-0.3, -0.25) is 0 Å². The van der Waals surface area contributed by atoms with Crippen LogP contribution in [-0.4, -0.2) is 13.1 Å². The van der Waals surface area contributed by atoms with Crippen LogP contribution in [-0.2, 0) is 0 Å². The number of nitrogens with two attached hydrogens (primary N) is 1. The molecule has 1 rings (SSSR count). The van der Waals surface area contributed by atoms with Crippen molar-refractivity contribution in [1.29, 1.82) is 0 Å². The maximum Gasteiger partial charge on any atom is 0.0176 e. The lowest BCUT2D eigenvalue weighted by atomic mass is 10.3. The van der Waals surface area contributed by atoms with Gasteiger partial charge in [0.1, 0.15) is 0 Å². The molecule has 1 aliphatic rings. The molecule has 3 N–H and O–H groups in total. The normalized spacial score (nSPS) is 11.6. The average Bonchev–Trinajstić information content (AvgIpc) is 2.76. The Bertz CT molecular complexity index is 103. The molecular weight excluding hydrogens is 160 g/mol. The van der Waals surface area contributed by atoms with Gasteiger partial charge in [0.05, 0.1) is 0 Å². The highest BCUT2D eigenvalue weighted by Crippen LogP contribution is 1.84. The molecule has 0 saturated heterocycles. The van der Waals surface area contributed by atoms with E-state index in [-0.39, 0.29) is 0 Å². The van der Waals surface area contributed by atoms with Crippen LogP contribution in [0.5, 0.6) is 0 Å². The minimum absolute atomic E-state index is 0.784. The smallest absolute Gasteiger partial charge is 0.0176 e. The first-order valence-corrected chi connectivity index (χ1v) is 5.11. The monoisotopic (exact) mass is 184 g/mol. The summed E-state index contributed by atoms with van der Waals surface area (Å²) in [7, 11) is 0. The highest BCUT2D eigenvalue weighted by atomic mass is 14.8. The molecule has 0 aromatic carbocycles. The molecule has 78 valence electrons. The summed E-state index contributed by atoms with van der Waals surface area (Å²) in [5.74, 6) is 0. The van der Waals surface area contributed by atoms with Crippen LogP contribution in [0.15, 0.2) is 24.9 Å². The van der Waals surface area contributed by atoms with E-state index in [1.807, 2.05) is 26.1 Å². The number of rotatable bonds is 3. The summed E-state index contributed by atoms with van der Waals surface area (Å²) in [4.78, 5) is 0. The van der Waals surface area contributed by atoms with E-state index in [1.165, 1.54) is 6.42 Å². The van der Waals surface area contributed by atoms with Gasteiger partial charge in [0.15, 0.2) is 0 Å². The topological polar surface area (TPSA) is 38.0 Å². The molecule has 0 unspecified atom stereocenters. The van der Waals surface area contributed by atoms with Crippen molar-refractivity contribution in [3.63, 3.8) is 0 Å². The predicted molar refractivity (Wildman–Crippen MR) is 61.6 cm³/mol. The number of allylic oxidation sites excluding steroid dienone is 1. The fraction of sp³-hybridized carbons (Fsp3) is 0.636. The lowest BCUT2D eigenvalue weighted by Gasteiger charge is -1.82. The Morgan fingerprint density at radius 2 is 2.23 bits per heavy atom. The standard InChI is InChI=1S/C5H11N.C4H7N.C2H6/c1-2-3-4-5-6;1-2-4-5-3-1;1-2/h2H,1,3-6H2;1,3,5H,2,4H2;1-2H3. The molecule has 0 aromatic rings. The van der Waals surface area contributed by atoms with Gasteiger partial charge >= 0.3 is 0 Å². The maximum atomic E-state index is 5.17. The first kappa shape index (κ1) is 14.7. The zero-order valence-corrected chi connectivity index (χ0v) is 9.05. The van der Waals surface area contributed by atoms with Gasteiger partial charge in [-0.25, -0.2) is 0 Å². The molecule has 1 heterocycles. The van der Waals surface area contributed by atoms with Gasteiger partial charge < -0.3 is 11.1 Å². The van der Waals surface area contributed by atoms with Crippen molar-refractivity contribution in [2.75, 3.05) is 13.1 Å². The van der Waals surface area contributed by atoms with Crippen molar-refractivity contribution in [2.24, 2.45) is 5.73 Å². The molecule has 2 nitrogen and oxygen atoms in total. The van der Waals surface area contributed by atoms with Crippen molar-refractivity contribution in [3.05, 3.63) is 24.9 Å². The molecule has 0 atom stereocenters. The van der Waals surface area contributed by atoms with E-state index in [0.717, 1.165) is 25.9 Å². The molecule has 0 bridgehead atoms. The van der Waals surface area contributed by atoms with Crippen LogP contribution in [0, 0.1) is 0 Å². The maximum absolute atomic E-state index is 5.17. The molecule has 0 fully saturated rings. The largest absolute Gasteiger partial charge is 0.391 e. The fourth-order valence-corrected chi connectivity index (χ4v) is 0.679. The van der Waals surface area contributed by atoms with Crippen LogP contribution in [0.1, 0.15) is 33.1 Å². The molecule has 0 spiro atoms. The van der Waals surface area contributed by atoms with Crippen molar-refractivity contribution in [3.8, 4) is 0 Å². The fourth-order valence-electron chi connectivity index (χ4n) is 0.679. The molecule has 0 saturated carbocycles. The van der Waals surface area contributed by atoms with Gasteiger partial charge in [0.2, 0.25) is 0 Å². The van der Waals surface area contributed by atoms with E-state index in [4.69, 9.17) is 5.73 Å². The second-order valence-electron chi connectivity index (χ2n) is 2.36. The van der Waals surface area contributed by atoms with Crippen LogP contribution >= 0.6 is 0 Å². The van der Waals surface area contributed by atoms with Crippen LogP contribution < -0.4 is 11.1 Å². The molecule has 2 heteroatoms. The van der Waals surface area contributed by atoms with E-state index >= 15 is 0 Å². The number of hydrogen-bond donors (Lipinski definition) is 2. The summed E-state index contributed by atoms with van der Waals surface area (Å²) >= 11 is 0. The average molecular weight is 184 g/mol. The van der Waals surface area contributed by atoms with Crippen LogP contribution in [0.25, 0.3) is 0 Å². The third-order valence-electron chi connectivity index (χ3n) is 1.30. The Hall–Kier alpha value is -0.760. The van der Waals surface area contributed by atoms with E-state index in [1.54, 1.807) is 0 Å². The zero-order valence-electron chi connectivity index (χ0n) is 9.05.